The molecule has 0 radical (unpaired) electrons. The second kappa shape index (κ2) is 6.64. The first-order chi connectivity index (χ1) is 14.8. The van der Waals surface area contributed by atoms with Gasteiger partial charge in [0.25, 0.3) is 5.56 Å². The number of benzene rings is 3. The fraction of sp³-hybridized carbons (Fsp3) is 0.0455. The van der Waals surface area contributed by atoms with Crippen molar-refractivity contribution in [1.29, 1.82) is 0 Å². The van der Waals surface area contributed by atoms with Gasteiger partial charge in [0, 0.05) is 5.39 Å². The molecule has 0 N–H and O–H groups in total. The lowest BCUT2D eigenvalue weighted by Crippen LogP contribution is -2.23. The first-order valence-electron chi connectivity index (χ1n) is 9.41. The third-order valence-electron chi connectivity index (χ3n) is 5.06. The van der Waals surface area contributed by atoms with Crippen LogP contribution in [0, 0.1) is 0 Å². The Hall–Kier alpha value is -3.78. The van der Waals surface area contributed by atoms with Gasteiger partial charge in [0.15, 0.2) is 5.16 Å². The van der Waals surface area contributed by atoms with Gasteiger partial charge in [-0.15, -0.1) is 5.10 Å². The third kappa shape index (κ3) is 2.57. The van der Waals surface area contributed by atoms with Gasteiger partial charge in [-0.3, -0.25) is 9.20 Å². The van der Waals surface area contributed by atoms with Crippen LogP contribution in [0.5, 0.6) is 0 Å². The summed E-state index contributed by atoms with van der Waals surface area (Å²) in [5, 5.41) is 10.6. The zero-order valence-electron chi connectivity index (χ0n) is 15.6. The Morgan fingerprint density at radius 2 is 1.47 bits per heavy atom. The number of fused-ring (bicyclic) bond motifs is 6. The summed E-state index contributed by atoms with van der Waals surface area (Å²) in [7, 11) is 0. The summed E-state index contributed by atoms with van der Waals surface area (Å²) in [4.78, 5) is 22.5. The van der Waals surface area contributed by atoms with Crippen LogP contribution >= 0.6 is 11.8 Å². The molecule has 0 atom stereocenters. The minimum absolute atomic E-state index is 0.166. The molecule has 3 aromatic heterocycles. The highest BCUT2D eigenvalue weighted by atomic mass is 32.2. The van der Waals surface area contributed by atoms with E-state index in [4.69, 9.17) is 9.97 Å². The van der Waals surface area contributed by atoms with E-state index in [1.165, 1.54) is 16.4 Å². The maximum absolute atomic E-state index is 12.8. The van der Waals surface area contributed by atoms with Crippen molar-refractivity contribution < 1.29 is 0 Å². The second-order valence-electron chi connectivity index (χ2n) is 6.86. The van der Waals surface area contributed by atoms with Gasteiger partial charge in [0.2, 0.25) is 0 Å². The van der Waals surface area contributed by atoms with Crippen molar-refractivity contribution in [1.82, 2.24) is 29.4 Å². The van der Waals surface area contributed by atoms with E-state index in [-0.39, 0.29) is 5.56 Å². The maximum Gasteiger partial charge on any atom is 0.278 e. The topological polar surface area (TPSA) is 78.0 Å². The summed E-state index contributed by atoms with van der Waals surface area (Å²) in [6.45, 7) is 0. The van der Waals surface area contributed by atoms with Crippen LogP contribution in [0.25, 0.3) is 38.5 Å². The van der Waals surface area contributed by atoms with E-state index in [9.17, 15) is 4.79 Å². The van der Waals surface area contributed by atoms with E-state index in [0.29, 0.717) is 16.8 Å². The average molecular weight is 410 g/mol. The molecule has 0 spiro atoms. The van der Waals surface area contributed by atoms with Crippen LogP contribution in [0.4, 0.5) is 0 Å². The van der Waals surface area contributed by atoms with Crippen LogP contribution in [0.3, 0.4) is 0 Å². The molecule has 0 saturated heterocycles. The number of para-hydroxylation sites is 3. The standard InChI is InChI=1S/C22H14N6OS/c29-21-15-8-2-4-10-17(15)25-26-27(21)13-30-22-24-16-9-3-1-7-14(16)20-23-18-11-5-6-12-19(18)28(20)22/h1-12H,13H2. The van der Waals surface area contributed by atoms with E-state index < -0.39 is 0 Å². The number of rotatable bonds is 3. The Labute approximate surface area is 174 Å². The lowest BCUT2D eigenvalue weighted by molar-refractivity contribution is 0.643. The first kappa shape index (κ1) is 17.1. The van der Waals surface area contributed by atoms with Crippen molar-refractivity contribution >= 4 is 50.2 Å². The fourth-order valence-corrected chi connectivity index (χ4v) is 4.52. The van der Waals surface area contributed by atoms with Crippen LogP contribution in [0.2, 0.25) is 0 Å². The molecular formula is C22H14N6OS. The zero-order chi connectivity index (χ0) is 20.1. The number of hydrogen-bond donors (Lipinski definition) is 0. The predicted molar refractivity (Wildman–Crippen MR) is 118 cm³/mol. The first-order valence-corrected chi connectivity index (χ1v) is 10.4. The summed E-state index contributed by atoms with van der Waals surface area (Å²) in [6, 6.07) is 23.1. The summed E-state index contributed by atoms with van der Waals surface area (Å²) in [5.41, 5.74) is 4.02. The number of thioether (sulfide) groups is 1. The molecule has 0 unspecified atom stereocenters. The Balaban J connectivity index is 1.52. The normalized spacial score (nSPS) is 11.7. The molecule has 6 rings (SSSR count). The van der Waals surface area contributed by atoms with Crippen molar-refractivity contribution in [2.45, 2.75) is 11.0 Å². The van der Waals surface area contributed by atoms with E-state index in [2.05, 4.69) is 10.3 Å². The summed E-state index contributed by atoms with van der Waals surface area (Å²) in [6.07, 6.45) is 0. The molecule has 0 saturated carbocycles. The molecule has 0 aliphatic carbocycles. The van der Waals surface area contributed by atoms with Crippen LogP contribution in [0.15, 0.2) is 82.7 Å². The van der Waals surface area contributed by atoms with Gasteiger partial charge in [-0.2, -0.15) is 4.68 Å². The van der Waals surface area contributed by atoms with Crippen LogP contribution in [0.1, 0.15) is 0 Å². The molecule has 30 heavy (non-hydrogen) atoms. The highest BCUT2D eigenvalue weighted by Crippen LogP contribution is 2.29. The summed E-state index contributed by atoms with van der Waals surface area (Å²) < 4.78 is 3.41. The number of hydrogen-bond acceptors (Lipinski definition) is 6. The third-order valence-corrected chi connectivity index (χ3v) is 5.96. The Bertz CT molecular complexity index is 1640. The molecule has 8 heteroatoms. The van der Waals surface area contributed by atoms with Crippen molar-refractivity contribution in [2.24, 2.45) is 0 Å². The number of imidazole rings is 1. The molecule has 6 aromatic rings. The lowest BCUT2D eigenvalue weighted by Gasteiger charge is -2.09. The van der Waals surface area contributed by atoms with E-state index in [1.54, 1.807) is 12.1 Å². The Morgan fingerprint density at radius 1 is 0.767 bits per heavy atom. The number of nitrogens with zero attached hydrogens (tertiary/aromatic N) is 6. The molecular weight excluding hydrogens is 396 g/mol. The Morgan fingerprint density at radius 3 is 2.33 bits per heavy atom. The molecule has 3 heterocycles. The van der Waals surface area contributed by atoms with Gasteiger partial charge in [0.1, 0.15) is 11.2 Å². The monoisotopic (exact) mass is 410 g/mol. The van der Waals surface area contributed by atoms with Gasteiger partial charge in [-0.25, -0.2) is 9.97 Å². The fourth-order valence-electron chi connectivity index (χ4n) is 3.64. The largest absolute Gasteiger partial charge is 0.278 e. The van der Waals surface area contributed by atoms with E-state index in [0.717, 1.165) is 32.7 Å². The summed E-state index contributed by atoms with van der Waals surface area (Å²) >= 11 is 1.43. The van der Waals surface area contributed by atoms with Gasteiger partial charge < -0.3 is 0 Å². The molecule has 7 nitrogen and oxygen atoms in total. The predicted octanol–water partition coefficient (Wildman–Crippen LogP) is 3.89. The molecule has 0 aliphatic heterocycles. The lowest BCUT2D eigenvalue weighted by atomic mass is 10.2. The molecule has 144 valence electrons. The van der Waals surface area contributed by atoms with E-state index in [1.807, 2.05) is 65.1 Å². The van der Waals surface area contributed by atoms with Crippen LogP contribution in [-0.2, 0) is 5.88 Å². The smallest absolute Gasteiger partial charge is 0.271 e. The van der Waals surface area contributed by atoms with Crippen molar-refractivity contribution in [2.75, 3.05) is 0 Å². The highest BCUT2D eigenvalue weighted by molar-refractivity contribution is 7.98. The van der Waals surface area contributed by atoms with Crippen molar-refractivity contribution in [3.63, 3.8) is 0 Å². The molecule has 0 bridgehead atoms. The Kier molecular flexibility index (Phi) is 3.78. The minimum atomic E-state index is -0.166. The minimum Gasteiger partial charge on any atom is -0.271 e. The van der Waals surface area contributed by atoms with E-state index >= 15 is 0 Å². The highest BCUT2D eigenvalue weighted by Gasteiger charge is 2.15. The quantitative estimate of drug-likeness (QED) is 0.325. The van der Waals surface area contributed by atoms with Gasteiger partial charge in [0.05, 0.1) is 27.8 Å². The SMILES string of the molecule is O=c1c2ccccc2nnn1CSc1nc2ccccc2c2nc3ccccc3n12. The second-order valence-corrected chi connectivity index (χ2v) is 7.77. The van der Waals surface area contributed by atoms with Gasteiger partial charge in [-0.05, 0) is 36.4 Å². The van der Waals surface area contributed by atoms with Crippen LogP contribution < -0.4 is 5.56 Å². The molecule has 0 amide bonds. The zero-order valence-corrected chi connectivity index (χ0v) is 16.5. The maximum atomic E-state index is 12.8. The average Bonchev–Trinajstić information content (AvgIpc) is 3.19. The van der Waals surface area contributed by atoms with Crippen molar-refractivity contribution in [3.8, 4) is 0 Å². The van der Waals surface area contributed by atoms with Crippen LogP contribution in [-0.4, -0.2) is 29.4 Å². The summed E-state index contributed by atoms with van der Waals surface area (Å²) in [5.74, 6) is 0.295. The van der Waals surface area contributed by atoms with Gasteiger partial charge >= 0.3 is 0 Å². The molecule has 0 fully saturated rings. The number of aromatic nitrogens is 6. The molecule has 0 aliphatic rings. The molecule has 3 aromatic carbocycles. The van der Waals surface area contributed by atoms with Crippen molar-refractivity contribution in [3.05, 3.63) is 83.2 Å². The van der Waals surface area contributed by atoms with Gasteiger partial charge in [-0.1, -0.05) is 53.4 Å².